The van der Waals surface area contributed by atoms with Gasteiger partial charge in [-0.25, -0.2) is 12.8 Å². The average Bonchev–Trinajstić information content (AvgIpc) is 2.37. The van der Waals surface area contributed by atoms with Gasteiger partial charge in [0.2, 0.25) is 0 Å². The van der Waals surface area contributed by atoms with E-state index in [-0.39, 0.29) is 15.6 Å². The predicted molar refractivity (Wildman–Crippen MR) is 84.3 cm³/mol. The van der Waals surface area contributed by atoms with Crippen molar-refractivity contribution in [1.82, 2.24) is 0 Å². The normalized spacial score (nSPS) is 11.1. The van der Waals surface area contributed by atoms with E-state index in [1.807, 2.05) is 0 Å². The molecule has 0 aliphatic carbocycles. The minimum absolute atomic E-state index is 0.0880. The summed E-state index contributed by atoms with van der Waals surface area (Å²) in [5.41, 5.74) is 7.11. The SMILES string of the molecule is Cc1cccc(NS(=O)(=O)c2cccc(F)c2)c1C(N)=S. The van der Waals surface area contributed by atoms with Gasteiger partial charge in [0, 0.05) is 5.56 Å². The van der Waals surface area contributed by atoms with Crippen molar-refractivity contribution < 1.29 is 12.8 Å². The largest absolute Gasteiger partial charge is 0.389 e. The zero-order valence-corrected chi connectivity index (χ0v) is 12.8. The lowest BCUT2D eigenvalue weighted by atomic mass is 10.1. The summed E-state index contributed by atoms with van der Waals surface area (Å²) in [6.07, 6.45) is 0. The zero-order chi connectivity index (χ0) is 15.6. The van der Waals surface area contributed by atoms with Gasteiger partial charge in [0.25, 0.3) is 10.0 Å². The summed E-state index contributed by atoms with van der Waals surface area (Å²) in [5.74, 6) is -0.628. The number of nitrogens with one attached hydrogen (secondary N) is 1. The standard InChI is InChI=1S/C14H13FN2O2S2/c1-9-4-2-7-12(13(9)14(16)20)17-21(18,19)11-6-3-5-10(15)8-11/h2-8,17H,1H3,(H2,16,20). The predicted octanol–water partition coefficient (Wildman–Crippen LogP) is 2.57. The number of sulfonamides is 1. The summed E-state index contributed by atoms with van der Waals surface area (Å²) < 4.78 is 40.1. The van der Waals surface area contributed by atoms with Gasteiger partial charge >= 0.3 is 0 Å². The van der Waals surface area contributed by atoms with Crippen molar-refractivity contribution in [3.63, 3.8) is 0 Å². The molecule has 4 nitrogen and oxygen atoms in total. The van der Waals surface area contributed by atoms with Gasteiger partial charge in [-0.2, -0.15) is 0 Å². The maximum absolute atomic E-state index is 13.2. The molecule has 0 saturated heterocycles. The highest BCUT2D eigenvalue weighted by atomic mass is 32.2. The van der Waals surface area contributed by atoms with Crippen LogP contribution in [0.15, 0.2) is 47.4 Å². The summed E-state index contributed by atoms with van der Waals surface area (Å²) in [7, 11) is -3.91. The van der Waals surface area contributed by atoms with Gasteiger partial charge in [-0.15, -0.1) is 0 Å². The Morgan fingerprint density at radius 1 is 1.24 bits per heavy atom. The Morgan fingerprint density at radius 3 is 2.52 bits per heavy atom. The van der Waals surface area contributed by atoms with Crippen LogP contribution in [0.2, 0.25) is 0 Å². The first kappa shape index (κ1) is 15.4. The first-order chi connectivity index (χ1) is 9.81. The quantitative estimate of drug-likeness (QED) is 0.848. The average molecular weight is 324 g/mol. The van der Waals surface area contributed by atoms with Crippen molar-refractivity contribution in [3.05, 3.63) is 59.4 Å². The first-order valence-corrected chi connectivity index (χ1v) is 7.88. The van der Waals surface area contributed by atoms with Crippen LogP contribution in [0.25, 0.3) is 0 Å². The molecular weight excluding hydrogens is 311 g/mol. The third-order valence-corrected chi connectivity index (χ3v) is 4.44. The summed E-state index contributed by atoms with van der Waals surface area (Å²) in [4.78, 5) is -0.0806. The third-order valence-electron chi connectivity index (χ3n) is 2.87. The monoisotopic (exact) mass is 324 g/mol. The molecule has 3 N–H and O–H groups in total. The van der Waals surface area contributed by atoms with Crippen molar-refractivity contribution in [3.8, 4) is 0 Å². The molecule has 0 spiro atoms. The molecule has 0 heterocycles. The molecule has 0 bridgehead atoms. The molecule has 0 unspecified atom stereocenters. The summed E-state index contributed by atoms with van der Waals surface area (Å²) in [6.45, 7) is 1.77. The van der Waals surface area contributed by atoms with E-state index >= 15 is 0 Å². The Morgan fingerprint density at radius 2 is 1.90 bits per heavy atom. The highest BCUT2D eigenvalue weighted by Crippen LogP contribution is 2.23. The lowest BCUT2D eigenvalue weighted by Crippen LogP contribution is -2.19. The van der Waals surface area contributed by atoms with E-state index < -0.39 is 15.8 Å². The van der Waals surface area contributed by atoms with E-state index in [9.17, 15) is 12.8 Å². The van der Waals surface area contributed by atoms with Gasteiger partial charge in [0.15, 0.2) is 0 Å². The minimum Gasteiger partial charge on any atom is -0.389 e. The van der Waals surface area contributed by atoms with Crippen LogP contribution in [-0.4, -0.2) is 13.4 Å². The molecular formula is C14H13FN2O2S2. The van der Waals surface area contributed by atoms with Crippen LogP contribution >= 0.6 is 12.2 Å². The van der Waals surface area contributed by atoms with Gasteiger partial charge < -0.3 is 5.73 Å². The number of rotatable bonds is 4. The van der Waals surface area contributed by atoms with Crippen molar-refractivity contribution in [2.75, 3.05) is 4.72 Å². The minimum atomic E-state index is -3.91. The van der Waals surface area contributed by atoms with Crippen LogP contribution in [-0.2, 0) is 10.0 Å². The maximum atomic E-state index is 13.2. The number of thiocarbonyl (C=S) groups is 1. The van der Waals surface area contributed by atoms with Gasteiger partial charge in [-0.3, -0.25) is 4.72 Å². The van der Waals surface area contributed by atoms with E-state index in [1.54, 1.807) is 25.1 Å². The Bertz CT molecular complexity index is 804. The van der Waals surface area contributed by atoms with Crippen molar-refractivity contribution in [2.24, 2.45) is 5.73 Å². The Labute approximate surface area is 127 Å². The molecule has 2 aromatic carbocycles. The van der Waals surface area contributed by atoms with E-state index in [4.69, 9.17) is 18.0 Å². The Hall–Kier alpha value is -1.99. The van der Waals surface area contributed by atoms with Gasteiger partial charge in [0.05, 0.1) is 10.6 Å². The molecule has 0 saturated carbocycles. The molecule has 21 heavy (non-hydrogen) atoms. The number of hydrogen-bond acceptors (Lipinski definition) is 3. The lowest BCUT2D eigenvalue weighted by molar-refractivity contribution is 0.595. The molecule has 2 aromatic rings. The van der Waals surface area contributed by atoms with Crippen LogP contribution in [0.5, 0.6) is 0 Å². The Balaban J connectivity index is 2.47. The highest BCUT2D eigenvalue weighted by molar-refractivity contribution is 7.92. The summed E-state index contributed by atoms with van der Waals surface area (Å²) in [5, 5.41) is 0. The van der Waals surface area contributed by atoms with E-state index in [2.05, 4.69) is 4.72 Å². The molecule has 110 valence electrons. The van der Waals surface area contributed by atoms with E-state index in [1.165, 1.54) is 18.2 Å². The molecule has 0 atom stereocenters. The number of halogens is 1. The molecule has 0 radical (unpaired) electrons. The number of anilines is 1. The molecule has 0 aliphatic heterocycles. The van der Waals surface area contributed by atoms with Crippen molar-refractivity contribution >= 4 is 32.9 Å². The molecule has 7 heteroatoms. The molecule has 0 aromatic heterocycles. The van der Waals surface area contributed by atoms with Crippen LogP contribution in [0.1, 0.15) is 11.1 Å². The summed E-state index contributed by atoms with van der Waals surface area (Å²) in [6, 6.07) is 9.76. The topological polar surface area (TPSA) is 72.2 Å². The molecule has 0 amide bonds. The maximum Gasteiger partial charge on any atom is 0.262 e. The second-order valence-electron chi connectivity index (χ2n) is 4.42. The lowest BCUT2D eigenvalue weighted by Gasteiger charge is -2.14. The van der Waals surface area contributed by atoms with Crippen LogP contribution < -0.4 is 10.5 Å². The van der Waals surface area contributed by atoms with E-state index in [0.717, 1.165) is 11.6 Å². The number of hydrogen-bond donors (Lipinski definition) is 2. The second kappa shape index (κ2) is 5.79. The molecule has 2 rings (SSSR count). The fourth-order valence-corrected chi connectivity index (χ4v) is 3.29. The number of nitrogens with two attached hydrogens (primary N) is 1. The van der Waals surface area contributed by atoms with Crippen LogP contribution in [0.3, 0.4) is 0 Å². The highest BCUT2D eigenvalue weighted by Gasteiger charge is 2.18. The van der Waals surface area contributed by atoms with Crippen molar-refractivity contribution in [1.29, 1.82) is 0 Å². The Kier molecular flexibility index (Phi) is 4.24. The first-order valence-electron chi connectivity index (χ1n) is 5.99. The number of benzene rings is 2. The van der Waals surface area contributed by atoms with E-state index in [0.29, 0.717) is 5.56 Å². The van der Waals surface area contributed by atoms with Crippen LogP contribution in [0, 0.1) is 12.7 Å². The van der Waals surface area contributed by atoms with Gasteiger partial charge in [0.1, 0.15) is 10.8 Å². The van der Waals surface area contributed by atoms with Gasteiger partial charge in [-0.1, -0.05) is 30.4 Å². The fourth-order valence-electron chi connectivity index (χ4n) is 1.92. The fraction of sp³-hybridized carbons (Fsp3) is 0.0714. The molecule has 0 aliphatic rings. The second-order valence-corrected chi connectivity index (χ2v) is 6.55. The van der Waals surface area contributed by atoms with Crippen LogP contribution in [0.4, 0.5) is 10.1 Å². The van der Waals surface area contributed by atoms with Crippen molar-refractivity contribution in [2.45, 2.75) is 11.8 Å². The third kappa shape index (κ3) is 3.37. The van der Waals surface area contributed by atoms with Gasteiger partial charge in [-0.05, 0) is 36.8 Å². The smallest absolute Gasteiger partial charge is 0.262 e. The zero-order valence-electron chi connectivity index (χ0n) is 11.1. The number of aryl methyl sites for hydroxylation is 1. The molecule has 0 fully saturated rings. The summed E-state index contributed by atoms with van der Waals surface area (Å²) >= 11 is 4.95.